The third kappa shape index (κ3) is 4.03. The minimum Gasteiger partial charge on any atom is -0.458 e. The molecule has 2 aromatic rings. The molecule has 116 valence electrons. The minimum atomic E-state index is -0.481. The first-order chi connectivity index (χ1) is 10.4. The number of hydrogen-bond donors (Lipinski definition) is 0. The highest BCUT2D eigenvalue weighted by molar-refractivity contribution is 6.42. The smallest absolute Gasteiger partial charge is 0.331 e. The van der Waals surface area contributed by atoms with E-state index in [1.165, 1.54) is 10.8 Å². The molecular weight excluding hydrogens is 347 g/mol. The lowest BCUT2D eigenvalue weighted by Crippen LogP contribution is -2.00. The van der Waals surface area contributed by atoms with Gasteiger partial charge in [0.05, 0.1) is 15.7 Å². The molecule has 0 spiro atoms. The number of carbonyl (C=O) groups excluding carboxylic acids is 1. The fraction of sp³-hybridized carbons (Fsp3) is 0.200. The summed E-state index contributed by atoms with van der Waals surface area (Å²) in [6.45, 7) is 1.92. The van der Waals surface area contributed by atoms with Gasteiger partial charge in [0.1, 0.15) is 11.8 Å². The number of aromatic nitrogens is 2. The molecule has 0 atom stereocenters. The van der Waals surface area contributed by atoms with E-state index in [4.69, 9.17) is 39.5 Å². The molecule has 7 heteroatoms. The molecule has 0 N–H and O–H groups in total. The molecule has 4 nitrogen and oxygen atoms in total. The van der Waals surface area contributed by atoms with Crippen molar-refractivity contribution in [3.05, 3.63) is 56.3 Å². The van der Waals surface area contributed by atoms with Crippen LogP contribution in [0.2, 0.25) is 15.2 Å². The minimum absolute atomic E-state index is 0.111. The lowest BCUT2D eigenvalue weighted by Gasteiger charge is -2.03. The first-order valence-electron chi connectivity index (χ1n) is 6.36. The molecule has 1 heterocycles. The van der Waals surface area contributed by atoms with Gasteiger partial charge in [-0.05, 0) is 30.7 Å². The summed E-state index contributed by atoms with van der Waals surface area (Å²) in [5.74, 6) is -0.481. The van der Waals surface area contributed by atoms with Crippen molar-refractivity contribution in [3.8, 4) is 0 Å². The summed E-state index contributed by atoms with van der Waals surface area (Å²) in [7, 11) is 1.73. The highest BCUT2D eigenvalue weighted by Crippen LogP contribution is 2.23. The molecule has 0 amide bonds. The number of halogens is 3. The van der Waals surface area contributed by atoms with Crippen LogP contribution in [-0.2, 0) is 23.2 Å². The van der Waals surface area contributed by atoms with Crippen molar-refractivity contribution in [1.82, 2.24) is 9.78 Å². The summed E-state index contributed by atoms with van der Waals surface area (Å²) in [6.07, 6.45) is 2.90. The average molecular weight is 360 g/mol. The zero-order valence-electron chi connectivity index (χ0n) is 11.9. The van der Waals surface area contributed by atoms with E-state index < -0.39 is 5.97 Å². The van der Waals surface area contributed by atoms with Crippen LogP contribution in [-0.4, -0.2) is 15.7 Å². The number of hydrogen-bond acceptors (Lipinski definition) is 3. The summed E-state index contributed by atoms with van der Waals surface area (Å²) < 4.78 is 6.67. The molecule has 1 aromatic carbocycles. The Balaban J connectivity index is 1.98. The Bertz CT molecular complexity index is 739. The molecule has 0 saturated heterocycles. The second kappa shape index (κ2) is 7.18. The highest BCUT2D eigenvalue weighted by Gasteiger charge is 2.09. The molecule has 2 rings (SSSR count). The lowest BCUT2D eigenvalue weighted by molar-refractivity contribution is -0.138. The maximum atomic E-state index is 11.7. The van der Waals surface area contributed by atoms with E-state index in [1.807, 2.05) is 6.92 Å². The van der Waals surface area contributed by atoms with E-state index in [9.17, 15) is 4.79 Å². The van der Waals surface area contributed by atoms with Crippen molar-refractivity contribution in [3.63, 3.8) is 0 Å². The molecule has 0 fully saturated rings. The van der Waals surface area contributed by atoms with Crippen LogP contribution in [0.1, 0.15) is 16.8 Å². The van der Waals surface area contributed by atoms with Crippen LogP contribution in [0.3, 0.4) is 0 Å². The predicted octanol–water partition coefficient (Wildman–Crippen LogP) is 4.45. The van der Waals surface area contributed by atoms with Gasteiger partial charge < -0.3 is 4.74 Å². The van der Waals surface area contributed by atoms with E-state index in [0.717, 1.165) is 11.3 Å². The van der Waals surface area contributed by atoms with E-state index in [2.05, 4.69) is 5.10 Å². The first kappa shape index (κ1) is 16.9. The first-order valence-corrected chi connectivity index (χ1v) is 7.49. The molecule has 0 unspecified atom stereocenters. The van der Waals surface area contributed by atoms with Crippen molar-refractivity contribution in [2.24, 2.45) is 7.05 Å². The summed E-state index contributed by atoms with van der Waals surface area (Å²) >= 11 is 17.8. The molecule has 0 aliphatic heterocycles. The third-order valence-corrected chi connectivity index (χ3v) is 4.13. The second-order valence-corrected chi connectivity index (χ2v) is 5.78. The molecule has 22 heavy (non-hydrogen) atoms. The summed E-state index contributed by atoms with van der Waals surface area (Å²) in [6, 6.07) is 5.05. The van der Waals surface area contributed by atoms with Crippen molar-refractivity contribution >= 4 is 46.8 Å². The third-order valence-electron chi connectivity index (χ3n) is 2.95. The second-order valence-electron chi connectivity index (χ2n) is 4.60. The van der Waals surface area contributed by atoms with Crippen LogP contribution in [0.15, 0.2) is 24.3 Å². The van der Waals surface area contributed by atoms with Crippen LogP contribution in [0.25, 0.3) is 6.08 Å². The maximum Gasteiger partial charge on any atom is 0.331 e. The number of carbonyl (C=O) groups is 1. The Morgan fingerprint density at radius 2 is 2.05 bits per heavy atom. The van der Waals surface area contributed by atoms with Crippen LogP contribution < -0.4 is 0 Å². The molecule has 0 aliphatic carbocycles. The highest BCUT2D eigenvalue weighted by atomic mass is 35.5. The normalized spacial score (nSPS) is 11.1. The van der Waals surface area contributed by atoms with Crippen molar-refractivity contribution in [2.45, 2.75) is 13.5 Å². The quantitative estimate of drug-likeness (QED) is 0.598. The van der Waals surface area contributed by atoms with Crippen LogP contribution in [0.5, 0.6) is 0 Å². The van der Waals surface area contributed by atoms with E-state index in [1.54, 1.807) is 31.3 Å². The SMILES string of the molecule is Cc1nn(C)c(Cl)c1/C=C/C(=O)OCc1ccc(Cl)c(Cl)c1. The van der Waals surface area contributed by atoms with Gasteiger partial charge in [-0.1, -0.05) is 40.9 Å². The maximum absolute atomic E-state index is 11.7. The Kier molecular flexibility index (Phi) is 5.51. The predicted molar refractivity (Wildman–Crippen MR) is 88.2 cm³/mol. The van der Waals surface area contributed by atoms with Crippen LogP contribution in [0, 0.1) is 6.92 Å². The Morgan fingerprint density at radius 3 is 2.64 bits per heavy atom. The Labute approximate surface area is 143 Å². The van der Waals surface area contributed by atoms with Gasteiger partial charge >= 0.3 is 5.97 Å². The van der Waals surface area contributed by atoms with Crippen LogP contribution >= 0.6 is 34.8 Å². The van der Waals surface area contributed by atoms with Gasteiger partial charge in [0.2, 0.25) is 0 Å². The molecule has 0 bridgehead atoms. The fourth-order valence-electron chi connectivity index (χ4n) is 1.82. The van der Waals surface area contributed by atoms with E-state index in [-0.39, 0.29) is 6.61 Å². The molecule has 0 aliphatic rings. The van der Waals surface area contributed by atoms with E-state index >= 15 is 0 Å². The van der Waals surface area contributed by atoms with Gasteiger partial charge in [-0.2, -0.15) is 5.10 Å². The average Bonchev–Trinajstić information content (AvgIpc) is 2.71. The zero-order chi connectivity index (χ0) is 16.3. The van der Waals surface area contributed by atoms with Gasteiger partial charge in [-0.25, -0.2) is 4.79 Å². The summed E-state index contributed by atoms with van der Waals surface area (Å²) in [5.41, 5.74) is 2.18. The van der Waals surface area contributed by atoms with Crippen molar-refractivity contribution in [2.75, 3.05) is 0 Å². The number of esters is 1. The zero-order valence-corrected chi connectivity index (χ0v) is 14.2. The van der Waals surface area contributed by atoms with Gasteiger partial charge in [0, 0.05) is 18.7 Å². The summed E-state index contributed by atoms with van der Waals surface area (Å²) in [4.78, 5) is 11.7. The van der Waals surface area contributed by atoms with Gasteiger partial charge in [-0.15, -0.1) is 0 Å². The van der Waals surface area contributed by atoms with Crippen molar-refractivity contribution < 1.29 is 9.53 Å². The monoisotopic (exact) mass is 358 g/mol. The molecule has 1 aromatic heterocycles. The topological polar surface area (TPSA) is 44.1 Å². The number of ether oxygens (including phenoxy) is 1. The number of nitrogens with zero attached hydrogens (tertiary/aromatic N) is 2. The van der Waals surface area contributed by atoms with Gasteiger partial charge in [0.25, 0.3) is 0 Å². The summed E-state index contributed by atoms with van der Waals surface area (Å²) in [5, 5.41) is 5.49. The standard InChI is InChI=1S/C15H13Cl3N2O2/c1-9-11(15(18)20(2)19-9)4-6-14(21)22-8-10-3-5-12(16)13(17)7-10/h3-7H,8H2,1-2H3/b6-4+. The lowest BCUT2D eigenvalue weighted by atomic mass is 10.2. The van der Waals surface area contributed by atoms with Crippen molar-refractivity contribution in [1.29, 1.82) is 0 Å². The fourth-order valence-corrected chi connectivity index (χ4v) is 2.38. The molecule has 0 saturated carbocycles. The molecule has 0 radical (unpaired) electrons. The van der Waals surface area contributed by atoms with Gasteiger partial charge in [-0.3, -0.25) is 4.68 Å². The van der Waals surface area contributed by atoms with E-state index in [0.29, 0.717) is 20.8 Å². The molecular formula is C15H13Cl3N2O2. The van der Waals surface area contributed by atoms with Crippen LogP contribution in [0.4, 0.5) is 0 Å². The number of rotatable bonds is 4. The van der Waals surface area contributed by atoms with Gasteiger partial charge in [0.15, 0.2) is 0 Å². The largest absolute Gasteiger partial charge is 0.458 e. The number of aryl methyl sites for hydroxylation is 2. The Morgan fingerprint density at radius 1 is 1.32 bits per heavy atom. The number of benzene rings is 1. The Hall–Kier alpha value is -1.49.